The van der Waals surface area contributed by atoms with Crippen molar-refractivity contribution in [3.8, 4) is 11.5 Å². The topological polar surface area (TPSA) is 76.1 Å². The summed E-state index contributed by atoms with van der Waals surface area (Å²) in [5.41, 5.74) is 1.71. The number of carbonyl (C=O) groups is 1. The van der Waals surface area contributed by atoms with Gasteiger partial charge in [0, 0.05) is 32.8 Å². The van der Waals surface area contributed by atoms with E-state index in [9.17, 15) is 13.2 Å². The Balaban J connectivity index is 1.37. The Kier molecular flexibility index (Phi) is 6.81. The number of carbonyl (C=O) groups excluding carboxylic acids is 1. The standard InChI is InChI=1S/C24H28N2O5S/c1-25(17-20-8-12-22-23(16-20)31-18-30-22)24(27)13-9-19-6-10-21(11-7-19)32(28,29)26-14-4-2-3-5-15-26/h6-13,16H,2-5,14-15,17-18H2,1H3. The number of rotatable bonds is 6. The van der Waals surface area contributed by atoms with E-state index in [4.69, 9.17) is 9.47 Å². The molecule has 7 nitrogen and oxygen atoms in total. The van der Waals surface area contributed by atoms with Crippen LogP contribution in [0.1, 0.15) is 36.8 Å². The number of amides is 1. The highest BCUT2D eigenvalue weighted by Gasteiger charge is 2.24. The third-order valence-electron chi connectivity index (χ3n) is 5.73. The Morgan fingerprint density at radius 3 is 2.41 bits per heavy atom. The summed E-state index contributed by atoms with van der Waals surface area (Å²) in [4.78, 5) is 14.4. The van der Waals surface area contributed by atoms with Crippen LogP contribution in [-0.4, -0.2) is 50.5 Å². The zero-order valence-corrected chi connectivity index (χ0v) is 19.0. The van der Waals surface area contributed by atoms with E-state index < -0.39 is 10.0 Å². The molecule has 0 radical (unpaired) electrons. The number of nitrogens with zero attached hydrogens (tertiary/aromatic N) is 2. The van der Waals surface area contributed by atoms with Gasteiger partial charge in [0.15, 0.2) is 11.5 Å². The molecule has 8 heteroatoms. The lowest BCUT2D eigenvalue weighted by Gasteiger charge is -2.19. The van der Waals surface area contributed by atoms with E-state index in [1.54, 1.807) is 46.6 Å². The van der Waals surface area contributed by atoms with Gasteiger partial charge in [-0.3, -0.25) is 4.79 Å². The number of ether oxygens (including phenoxy) is 2. The van der Waals surface area contributed by atoms with Crippen molar-refractivity contribution < 1.29 is 22.7 Å². The lowest BCUT2D eigenvalue weighted by Crippen LogP contribution is -2.31. The maximum absolute atomic E-state index is 12.9. The van der Waals surface area contributed by atoms with Crippen LogP contribution in [0.25, 0.3) is 6.08 Å². The van der Waals surface area contributed by atoms with Crippen LogP contribution in [0.4, 0.5) is 0 Å². The lowest BCUT2D eigenvalue weighted by molar-refractivity contribution is -0.125. The molecule has 0 bridgehead atoms. The van der Waals surface area contributed by atoms with Crippen LogP contribution in [-0.2, 0) is 21.4 Å². The Morgan fingerprint density at radius 2 is 1.69 bits per heavy atom. The number of fused-ring (bicyclic) bond motifs is 1. The van der Waals surface area contributed by atoms with Gasteiger partial charge in [-0.1, -0.05) is 31.0 Å². The molecule has 0 aliphatic carbocycles. The highest BCUT2D eigenvalue weighted by molar-refractivity contribution is 7.89. The summed E-state index contributed by atoms with van der Waals surface area (Å²) >= 11 is 0. The predicted molar refractivity (Wildman–Crippen MR) is 122 cm³/mol. The fraction of sp³-hybridized carbons (Fsp3) is 0.375. The van der Waals surface area contributed by atoms with Gasteiger partial charge in [-0.05, 0) is 54.3 Å². The third-order valence-corrected chi connectivity index (χ3v) is 7.65. The minimum absolute atomic E-state index is 0.149. The molecule has 2 heterocycles. The van der Waals surface area contributed by atoms with Gasteiger partial charge in [0.25, 0.3) is 0 Å². The van der Waals surface area contributed by atoms with E-state index in [0.717, 1.165) is 36.8 Å². The molecular formula is C24H28N2O5S. The van der Waals surface area contributed by atoms with Crippen LogP contribution < -0.4 is 9.47 Å². The summed E-state index contributed by atoms with van der Waals surface area (Å²) < 4.78 is 38.0. The Hall–Kier alpha value is -2.84. The van der Waals surface area contributed by atoms with Crippen LogP contribution in [0, 0.1) is 0 Å². The van der Waals surface area contributed by atoms with Crippen molar-refractivity contribution in [2.24, 2.45) is 0 Å². The zero-order valence-electron chi connectivity index (χ0n) is 18.2. The van der Waals surface area contributed by atoms with Crippen LogP contribution >= 0.6 is 0 Å². The first kappa shape index (κ1) is 22.4. The predicted octanol–water partition coefficient (Wildman–Crippen LogP) is 3.65. The van der Waals surface area contributed by atoms with E-state index in [0.29, 0.717) is 36.0 Å². The van der Waals surface area contributed by atoms with Gasteiger partial charge in [0.2, 0.25) is 22.7 Å². The monoisotopic (exact) mass is 456 g/mol. The van der Waals surface area contributed by atoms with Crippen LogP contribution in [0.15, 0.2) is 53.4 Å². The molecule has 1 amide bonds. The first-order valence-electron chi connectivity index (χ1n) is 10.9. The minimum atomic E-state index is -3.47. The van der Waals surface area contributed by atoms with E-state index >= 15 is 0 Å². The van der Waals surface area contributed by atoms with Crippen molar-refractivity contribution in [2.45, 2.75) is 37.1 Å². The lowest BCUT2D eigenvalue weighted by atomic mass is 10.2. The van der Waals surface area contributed by atoms with Gasteiger partial charge in [-0.2, -0.15) is 4.31 Å². The molecule has 2 aliphatic rings. The highest BCUT2D eigenvalue weighted by Crippen LogP contribution is 2.32. The molecule has 2 aromatic carbocycles. The maximum Gasteiger partial charge on any atom is 0.246 e. The van der Waals surface area contributed by atoms with E-state index in [-0.39, 0.29) is 12.7 Å². The molecule has 0 unspecified atom stereocenters. The maximum atomic E-state index is 12.9. The fourth-order valence-electron chi connectivity index (χ4n) is 3.87. The number of benzene rings is 2. The summed E-state index contributed by atoms with van der Waals surface area (Å²) in [6, 6.07) is 12.3. The van der Waals surface area contributed by atoms with Gasteiger partial charge < -0.3 is 14.4 Å². The molecule has 0 saturated carbocycles. The van der Waals surface area contributed by atoms with Crippen LogP contribution in [0.3, 0.4) is 0 Å². The summed E-state index contributed by atoms with van der Waals surface area (Å²) in [5.74, 6) is 1.25. The largest absolute Gasteiger partial charge is 0.454 e. The molecule has 2 aliphatic heterocycles. The normalized spacial score (nSPS) is 16.8. The molecule has 4 rings (SSSR count). The number of hydrogen-bond donors (Lipinski definition) is 0. The van der Waals surface area contributed by atoms with Gasteiger partial charge in [-0.25, -0.2) is 8.42 Å². The smallest absolute Gasteiger partial charge is 0.246 e. The van der Waals surface area contributed by atoms with Crippen molar-refractivity contribution in [2.75, 3.05) is 26.9 Å². The highest BCUT2D eigenvalue weighted by atomic mass is 32.2. The van der Waals surface area contributed by atoms with Crippen LogP contribution in [0.5, 0.6) is 11.5 Å². The minimum Gasteiger partial charge on any atom is -0.454 e. The number of hydrogen-bond acceptors (Lipinski definition) is 5. The molecule has 32 heavy (non-hydrogen) atoms. The van der Waals surface area contributed by atoms with Crippen molar-refractivity contribution in [1.29, 1.82) is 0 Å². The Bertz CT molecular complexity index is 1090. The fourth-order valence-corrected chi connectivity index (χ4v) is 5.38. The second kappa shape index (κ2) is 9.75. The Morgan fingerprint density at radius 1 is 1.00 bits per heavy atom. The third kappa shape index (κ3) is 5.14. The zero-order chi connectivity index (χ0) is 22.6. The second-order valence-corrected chi connectivity index (χ2v) is 10.0. The van der Waals surface area contributed by atoms with Gasteiger partial charge in [0.1, 0.15) is 0 Å². The first-order valence-corrected chi connectivity index (χ1v) is 12.3. The summed E-state index contributed by atoms with van der Waals surface area (Å²) in [5, 5.41) is 0. The van der Waals surface area contributed by atoms with Crippen molar-refractivity contribution in [1.82, 2.24) is 9.21 Å². The molecule has 1 saturated heterocycles. The molecule has 170 valence electrons. The molecule has 0 spiro atoms. The second-order valence-electron chi connectivity index (χ2n) is 8.10. The van der Waals surface area contributed by atoms with Crippen LogP contribution in [0.2, 0.25) is 0 Å². The van der Waals surface area contributed by atoms with Crippen molar-refractivity contribution in [3.05, 3.63) is 59.7 Å². The Labute approximate surface area is 189 Å². The molecule has 0 atom stereocenters. The number of likely N-dealkylation sites (N-methyl/N-ethyl adjacent to an activating group) is 1. The average Bonchev–Trinajstić information content (AvgIpc) is 3.08. The average molecular weight is 457 g/mol. The van der Waals surface area contributed by atoms with E-state index in [2.05, 4.69) is 0 Å². The van der Waals surface area contributed by atoms with E-state index in [1.807, 2.05) is 18.2 Å². The summed E-state index contributed by atoms with van der Waals surface area (Å²) in [7, 11) is -1.74. The summed E-state index contributed by atoms with van der Waals surface area (Å²) in [6.07, 6.45) is 7.15. The van der Waals surface area contributed by atoms with E-state index in [1.165, 1.54) is 6.08 Å². The summed E-state index contributed by atoms with van der Waals surface area (Å²) in [6.45, 7) is 1.81. The number of sulfonamides is 1. The van der Waals surface area contributed by atoms with Crippen molar-refractivity contribution >= 4 is 22.0 Å². The molecule has 0 N–H and O–H groups in total. The van der Waals surface area contributed by atoms with Crippen molar-refractivity contribution in [3.63, 3.8) is 0 Å². The quantitative estimate of drug-likeness (QED) is 0.620. The molecule has 2 aromatic rings. The van der Waals surface area contributed by atoms with Gasteiger partial charge >= 0.3 is 0 Å². The molecular weight excluding hydrogens is 428 g/mol. The van der Waals surface area contributed by atoms with Gasteiger partial charge in [-0.15, -0.1) is 0 Å². The molecule has 1 fully saturated rings. The molecule has 0 aromatic heterocycles. The van der Waals surface area contributed by atoms with Gasteiger partial charge in [0.05, 0.1) is 4.90 Å². The SMILES string of the molecule is CN(Cc1ccc2c(c1)OCO2)C(=O)C=Cc1ccc(S(=O)(=O)N2CCCCCC2)cc1. The first-order chi connectivity index (χ1) is 15.4.